The summed E-state index contributed by atoms with van der Waals surface area (Å²) >= 11 is 1.50. The first-order valence-corrected chi connectivity index (χ1v) is 7.53. The summed E-state index contributed by atoms with van der Waals surface area (Å²) < 4.78 is 0. The van der Waals surface area contributed by atoms with Crippen molar-refractivity contribution in [1.29, 1.82) is 0 Å². The smallest absolute Gasteiger partial charge is 0.327 e. The molecule has 0 saturated carbocycles. The average molecular weight is 294 g/mol. The third-order valence-electron chi connectivity index (χ3n) is 3.40. The van der Waals surface area contributed by atoms with Crippen LogP contribution in [0.15, 0.2) is 18.2 Å². The van der Waals surface area contributed by atoms with E-state index in [1.54, 1.807) is 12.1 Å². The lowest BCUT2D eigenvalue weighted by Crippen LogP contribution is -2.45. The minimum absolute atomic E-state index is 0.108. The third kappa shape index (κ3) is 2.60. The zero-order valence-corrected chi connectivity index (χ0v) is 12.3. The number of benzene rings is 1. The molecule has 2 unspecified atom stereocenters. The molecule has 1 saturated heterocycles. The number of hydrogen-bond acceptors (Lipinski definition) is 4. The Kier molecular flexibility index (Phi) is 4.23. The molecule has 0 bridgehead atoms. The van der Waals surface area contributed by atoms with Crippen LogP contribution in [0.3, 0.4) is 0 Å². The standard InChI is InChI=1S/C14H18N2O3S/c1-3-12-16(11(7-20-12)14(18)19)13(17)9-6-8(2)4-5-10(9)15/h4-6,11-12H,3,7,15H2,1-2H3,(H,18,19). The second-order valence-corrected chi connectivity index (χ2v) is 6.06. The van der Waals surface area contributed by atoms with Gasteiger partial charge in [-0.2, -0.15) is 0 Å². The van der Waals surface area contributed by atoms with Crippen LogP contribution < -0.4 is 5.73 Å². The van der Waals surface area contributed by atoms with Crippen molar-refractivity contribution in [2.75, 3.05) is 11.5 Å². The van der Waals surface area contributed by atoms with Gasteiger partial charge in [0.2, 0.25) is 0 Å². The lowest BCUT2D eigenvalue weighted by atomic mass is 10.1. The Bertz CT molecular complexity index is 547. The van der Waals surface area contributed by atoms with Gasteiger partial charge in [0.1, 0.15) is 6.04 Å². The first kappa shape index (κ1) is 14.7. The molecule has 0 aromatic heterocycles. The molecule has 2 rings (SSSR count). The van der Waals surface area contributed by atoms with Crippen molar-refractivity contribution in [2.45, 2.75) is 31.7 Å². The fourth-order valence-electron chi connectivity index (χ4n) is 2.34. The minimum Gasteiger partial charge on any atom is -0.480 e. The molecule has 1 aromatic rings. The number of nitrogens with two attached hydrogens (primary N) is 1. The number of carbonyl (C=O) groups is 2. The van der Waals surface area contributed by atoms with Crippen molar-refractivity contribution in [1.82, 2.24) is 4.90 Å². The van der Waals surface area contributed by atoms with E-state index in [4.69, 9.17) is 5.73 Å². The summed E-state index contributed by atoms with van der Waals surface area (Å²) in [4.78, 5) is 25.5. The zero-order valence-electron chi connectivity index (χ0n) is 11.5. The van der Waals surface area contributed by atoms with E-state index in [0.717, 1.165) is 5.56 Å². The van der Waals surface area contributed by atoms with Crippen molar-refractivity contribution in [3.63, 3.8) is 0 Å². The number of carbonyl (C=O) groups excluding carboxylic acids is 1. The lowest BCUT2D eigenvalue weighted by molar-refractivity contribution is -0.141. The van der Waals surface area contributed by atoms with Crippen LogP contribution in [-0.2, 0) is 4.79 Å². The summed E-state index contributed by atoms with van der Waals surface area (Å²) in [5, 5.41) is 9.17. The monoisotopic (exact) mass is 294 g/mol. The molecule has 0 aliphatic carbocycles. The Hall–Kier alpha value is -1.69. The zero-order chi connectivity index (χ0) is 14.9. The highest BCUT2D eigenvalue weighted by atomic mass is 32.2. The predicted octanol–water partition coefficient (Wildman–Crippen LogP) is 1.96. The summed E-state index contributed by atoms with van der Waals surface area (Å²) in [7, 11) is 0. The summed E-state index contributed by atoms with van der Waals surface area (Å²) in [5.74, 6) is -0.839. The van der Waals surface area contributed by atoms with Crippen LogP contribution >= 0.6 is 11.8 Å². The highest BCUT2D eigenvalue weighted by molar-refractivity contribution is 8.00. The van der Waals surface area contributed by atoms with Gasteiger partial charge in [-0.15, -0.1) is 11.8 Å². The molecular formula is C14H18N2O3S. The van der Waals surface area contributed by atoms with Gasteiger partial charge in [0.15, 0.2) is 0 Å². The second kappa shape index (κ2) is 5.75. The van der Waals surface area contributed by atoms with Crippen LogP contribution in [0.1, 0.15) is 29.3 Å². The van der Waals surface area contributed by atoms with Gasteiger partial charge in [-0.3, -0.25) is 4.79 Å². The van der Waals surface area contributed by atoms with Crippen molar-refractivity contribution in [2.24, 2.45) is 0 Å². The predicted molar refractivity (Wildman–Crippen MR) is 79.7 cm³/mol. The van der Waals surface area contributed by atoms with E-state index in [2.05, 4.69) is 0 Å². The topological polar surface area (TPSA) is 83.6 Å². The molecule has 1 aliphatic heterocycles. The second-order valence-electron chi connectivity index (χ2n) is 4.85. The van der Waals surface area contributed by atoms with E-state index >= 15 is 0 Å². The molecular weight excluding hydrogens is 276 g/mol. The van der Waals surface area contributed by atoms with Gasteiger partial charge in [-0.05, 0) is 25.5 Å². The average Bonchev–Trinajstić information content (AvgIpc) is 2.84. The highest BCUT2D eigenvalue weighted by Gasteiger charge is 2.41. The van der Waals surface area contributed by atoms with Gasteiger partial charge in [0.05, 0.1) is 10.9 Å². The van der Waals surface area contributed by atoms with E-state index in [1.807, 2.05) is 19.9 Å². The molecule has 1 aromatic carbocycles. The maximum atomic E-state index is 12.7. The molecule has 0 radical (unpaired) electrons. The van der Waals surface area contributed by atoms with Crippen LogP contribution in [-0.4, -0.2) is 39.1 Å². The molecule has 1 amide bonds. The number of thioether (sulfide) groups is 1. The largest absolute Gasteiger partial charge is 0.480 e. The highest BCUT2D eigenvalue weighted by Crippen LogP contribution is 2.33. The summed E-state index contributed by atoms with van der Waals surface area (Å²) in [5.41, 5.74) is 7.56. The molecule has 20 heavy (non-hydrogen) atoms. The van der Waals surface area contributed by atoms with Crippen LogP contribution in [0.25, 0.3) is 0 Å². The molecule has 3 N–H and O–H groups in total. The van der Waals surface area contributed by atoms with Gasteiger partial charge in [0, 0.05) is 11.4 Å². The van der Waals surface area contributed by atoms with Crippen LogP contribution in [0.2, 0.25) is 0 Å². The summed E-state index contributed by atoms with van der Waals surface area (Å²) in [6.07, 6.45) is 0.714. The van der Waals surface area contributed by atoms with Crippen LogP contribution in [0, 0.1) is 6.92 Å². The van der Waals surface area contributed by atoms with Gasteiger partial charge in [-0.1, -0.05) is 18.6 Å². The quantitative estimate of drug-likeness (QED) is 0.833. The van der Waals surface area contributed by atoms with Gasteiger partial charge in [-0.25, -0.2) is 4.79 Å². The van der Waals surface area contributed by atoms with Crippen LogP contribution in [0.5, 0.6) is 0 Å². The molecule has 6 heteroatoms. The summed E-state index contributed by atoms with van der Waals surface area (Å²) in [6, 6.07) is 4.45. The Morgan fingerprint density at radius 2 is 2.20 bits per heavy atom. The first-order chi connectivity index (χ1) is 9.45. The van der Waals surface area contributed by atoms with E-state index < -0.39 is 12.0 Å². The fraction of sp³-hybridized carbons (Fsp3) is 0.429. The number of aryl methyl sites for hydroxylation is 1. The van der Waals surface area contributed by atoms with E-state index in [1.165, 1.54) is 16.7 Å². The number of carboxylic acid groups (broad SMARTS) is 1. The minimum atomic E-state index is -0.965. The maximum Gasteiger partial charge on any atom is 0.327 e. The Morgan fingerprint density at radius 1 is 1.50 bits per heavy atom. The number of nitrogen functional groups attached to an aromatic ring is 1. The SMILES string of the molecule is CCC1SCC(C(=O)O)N1C(=O)c1cc(C)ccc1N. The fourth-order valence-corrected chi connectivity index (χ4v) is 3.68. The molecule has 2 atom stereocenters. The normalized spacial score (nSPS) is 22.0. The van der Waals surface area contributed by atoms with Crippen molar-refractivity contribution in [3.05, 3.63) is 29.3 Å². The van der Waals surface area contributed by atoms with Gasteiger partial charge in [0.25, 0.3) is 5.91 Å². The number of amides is 1. The molecule has 1 aliphatic rings. The van der Waals surface area contributed by atoms with Gasteiger partial charge < -0.3 is 15.7 Å². The third-order valence-corrected chi connectivity index (χ3v) is 4.85. The van der Waals surface area contributed by atoms with Crippen LogP contribution in [0.4, 0.5) is 5.69 Å². The number of rotatable bonds is 3. The number of aliphatic carboxylic acids is 1. The van der Waals surface area contributed by atoms with Crippen molar-refractivity contribution < 1.29 is 14.7 Å². The Balaban J connectivity index is 2.38. The Morgan fingerprint density at radius 3 is 2.80 bits per heavy atom. The van der Waals surface area contributed by atoms with Gasteiger partial charge >= 0.3 is 5.97 Å². The molecule has 108 valence electrons. The van der Waals surface area contributed by atoms with E-state index in [9.17, 15) is 14.7 Å². The number of carboxylic acids is 1. The molecule has 1 fully saturated rings. The maximum absolute atomic E-state index is 12.7. The Labute approximate surface area is 122 Å². The molecule has 5 nitrogen and oxygen atoms in total. The summed E-state index contributed by atoms with van der Waals surface area (Å²) in [6.45, 7) is 3.82. The molecule has 1 heterocycles. The van der Waals surface area contributed by atoms with Crippen molar-refractivity contribution >= 4 is 29.3 Å². The van der Waals surface area contributed by atoms with E-state index in [0.29, 0.717) is 23.4 Å². The number of anilines is 1. The lowest BCUT2D eigenvalue weighted by Gasteiger charge is -2.27. The van der Waals surface area contributed by atoms with E-state index in [-0.39, 0.29) is 11.3 Å². The number of hydrogen-bond donors (Lipinski definition) is 2. The number of nitrogens with zero attached hydrogens (tertiary/aromatic N) is 1. The first-order valence-electron chi connectivity index (χ1n) is 6.49. The molecule has 0 spiro atoms. The van der Waals surface area contributed by atoms with Crippen molar-refractivity contribution in [3.8, 4) is 0 Å².